The van der Waals surface area contributed by atoms with Gasteiger partial charge in [-0.25, -0.2) is 0 Å². The summed E-state index contributed by atoms with van der Waals surface area (Å²) in [6, 6.07) is 1.69. The molecule has 0 bridgehead atoms. The van der Waals surface area contributed by atoms with E-state index in [-0.39, 0.29) is 12.0 Å². The van der Waals surface area contributed by atoms with Crippen molar-refractivity contribution in [3.05, 3.63) is 17.7 Å². The number of ether oxygens (including phenoxy) is 1. The van der Waals surface area contributed by atoms with Gasteiger partial charge in [-0.15, -0.1) is 0 Å². The smallest absolute Gasteiger partial charge is 0.323 e. The van der Waals surface area contributed by atoms with Crippen molar-refractivity contribution in [2.75, 3.05) is 6.61 Å². The molecule has 0 amide bonds. The molecule has 0 aliphatic carbocycles. The van der Waals surface area contributed by atoms with Crippen LogP contribution in [0.15, 0.2) is 12.1 Å². The monoisotopic (exact) mass is 269 g/mol. The molecular weight excluding hydrogens is 250 g/mol. The van der Waals surface area contributed by atoms with Crippen LogP contribution in [0.1, 0.15) is 25.3 Å². The van der Waals surface area contributed by atoms with Gasteiger partial charge in [0.05, 0.1) is 6.61 Å². The first-order valence-corrected chi connectivity index (χ1v) is 6.12. The summed E-state index contributed by atoms with van der Waals surface area (Å²) in [7, 11) is 0. The topological polar surface area (TPSA) is 113 Å². The molecule has 0 spiro atoms. The van der Waals surface area contributed by atoms with Crippen LogP contribution in [0.2, 0.25) is 0 Å². The molecule has 0 aliphatic rings. The summed E-state index contributed by atoms with van der Waals surface area (Å²) in [6.45, 7) is 2.29. The van der Waals surface area contributed by atoms with Crippen molar-refractivity contribution in [3.8, 4) is 17.2 Å². The summed E-state index contributed by atoms with van der Waals surface area (Å²) in [4.78, 5) is 11.5. The maximum absolute atomic E-state index is 11.5. The number of rotatable bonds is 6. The van der Waals surface area contributed by atoms with Crippen LogP contribution in [0.25, 0.3) is 0 Å². The van der Waals surface area contributed by atoms with E-state index in [1.54, 1.807) is 0 Å². The molecule has 6 nitrogen and oxygen atoms in total. The summed E-state index contributed by atoms with van der Waals surface area (Å²) < 4.78 is 4.95. The Morgan fingerprint density at radius 3 is 2.63 bits per heavy atom. The predicted octanol–water partition coefficient (Wildman–Crippen LogP) is 1.02. The van der Waals surface area contributed by atoms with E-state index in [1.165, 1.54) is 12.1 Å². The van der Waals surface area contributed by atoms with E-state index in [1.807, 2.05) is 6.92 Å². The number of esters is 1. The van der Waals surface area contributed by atoms with Crippen LogP contribution in [0, 0.1) is 0 Å². The number of hydrogen-bond acceptors (Lipinski definition) is 6. The molecule has 1 atom stereocenters. The number of phenolic OH excluding ortho intramolecular Hbond substituents is 3. The van der Waals surface area contributed by atoms with Crippen LogP contribution in [0.4, 0.5) is 0 Å². The molecule has 6 heteroatoms. The van der Waals surface area contributed by atoms with Gasteiger partial charge in [-0.3, -0.25) is 4.79 Å². The number of benzene rings is 1. The van der Waals surface area contributed by atoms with Gasteiger partial charge in [-0.05, 0) is 12.5 Å². The molecule has 1 aromatic carbocycles. The average Bonchev–Trinajstić information content (AvgIpc) is 2.39. The summed E-state index contributed by atoms with van der Waals surface area (Å²) in [5, 5.41) is 28.1. The molecule has 0 saturated heterocycles. The first-order valence-electron chi connectivity index (χ1n) is 6.12. The molecule has 5 N–H and O–H groups in total. The molecule has 1 aromatic rings. The van der Waals surface area contributed by atoms with E-state index in [2.05, 4.69) is 0 Å². The maximum atomic E-state index is 11.5. The number of hydrogen-bond donors (Lipinski definition) is 4. The van der Waals surface area contributed by atoms with E-state index < -0.39 is 29.3 Å². The number of unbranched alkanes of at least 4 members (excludes halogenated alkanes) is 1. The maximum Gasteiger partial charge on any atom is 0.323 e. The Morgan fingerprint density at radius 2 is 2.00 bits per heavy atom. The molecule has 1 rings (SSSR count). The van der Waals surface area contributed by atoms with Gasteiger partial charge in [0, 0.05) is 12.0 Å². The van der Waals surface area contributed by atoms with Crippen LogP contribution in [-0.2, 0) is 16.0 Å². The number of carbonyl (C=O) groups excluding carboxylic acids is 1. The molecule has 0 radical (unpaired) electrons. The molecule has 0 saturated carbocycles. The Kier molecular flexibility index (Phi) is 5.44. The van der Waals surface area contributed by atoms with E-state index in [4.69, 9.17) is 10.5 Å². The third-order valence-electron chi connectivity index (χ3n) is 2.70. The van der Waals surface area contributed by atoms with Crippen LogP contribution in [0.3, 0.4) is 0 Å². The van der Waals surface area contributed by atoms with Crippen molar-refractivity contribution in [3.63, 3.8) is 0 Å². The molecule has 106 valence electrons. The van der Waals surface area contributed by atoms with Crippen LogP contribution < -0.4 is 5.73 Å². The largest absolute Gasteiger partial charge is 0.504 e. The Bertz CT molecular complexity index is 447. The molecule has 0 heterocycles. The van der Waals surface area contributed by atoms with Gasteiger partial charge in [0.25, 0.3) is 0 Å². The van der Waals surface area contributed by atoms with Crippen LogP contribution in [-0.4, -0.2) is 33.9 Å². The van der Waals surface area contributed by atoms with Gasteiger partial charge in [0.2, 0.25) is 5.75 Å². The van der Waals surface area contributed by atoms with Gasteiger partial charge in [-0.1, -0.05) is 19.4 Å². The van der Waals surface area contributed by atoms with Crippen molar-refractivity contribution in [1.29, 1.82) is 0 Å². The Balaban J connectivity index is 2.64. The molecule has 0 aromatic heterocycles. The van der Waals surface area contributed by atoms with Crippen LogP contribution >= 0.6 is 0 Å². The average molecular weight is 269 g/mol. The van der Waals surface area contributed by atoms with E-state index >= 15 is 0 Å². The van der Waals surface area contributed by atoms with Crippen molar-refractivity contribution < 1.29 is 24.9 Å². The highest BCUT2D eigenvalue weighted by Gasteiger charge is 2.19. The minimum absolute atomic E-state index is 0.0185. The predicted molar refractivity (Wildman–Crippen MR) is 69.0 cm³/mol. The van der Waals surface area contributed by atoms with Gasteiger partial charge in [-0.2, -0.15) is 0 Å². The third kappa shape index (κ3) is 4.03. The lowest BCUT2D eigenvalue weighted by atomic mass is 10.0. The third-order valence-corrected chi connectivity index (χ3v) is 2.70. The second kappa shape index (κ2) is 6.84. The van der Waals surface area contributed by atoms with Crippen molar-refractivity contribution in [2.24, 2.45) is 5.73 Å². The number of carbonyl (C=O) groups is 1. The fourth-order valence-corrected chi connectivity index (χ4v) is 1.52. The van der Waals surface area contributed by atoms with Crippen molar-refractivity contribution in [1.82, 2.24) is 0 Å². The van der Waals surface area contributed by atoms with E-state index in [9.17, 15) is 20.1 Å². The fourth-order valence-electron chi connectivity index (χ4n) is 1.52. The second-order valence-electron chi connectivity index (χ2n) is 4.27. The molecule has 0 unspecified atom stereocenters. The van der Waals surface area contributed by atoms with Gasteiger partial charge in [0.15, 0.2) is 11.5 Å². The molecule has 0 aliphatic heterocycles. The van der Waals surface area contributed by atoms with Crippen LogP contribution in [0.5, 0.6) is 17.2 Å². The van der Waals surface area contributed by atoms with Crippen molar-refractivity contribution >= 4 is 5.97 Å². The molecule has 0 fully saturated rings. The summed E-state index contributed by atoms with van der Waals surface area (Å²) >= 11 is 0. The second-order valence-corrected chi connectivity index (χ2v) is 4.27. The zero-order valence-electron chi connectivity index (χ0n) is 10.8. The highest BCUT2D eigenvalue weighted by atomic mass is 16.5. The van der Waals surface area contributed by atoms with Gasteiger partial charge < -0.3 is 25.8 Å². The minimum Gasteiger partial charge on any atom is -0.504 e. The quantitative estimate of drug-likeness (QED) is 0.348. The Morgan fingerprint density at radius 1 is 1.32 bits per heavy atom. The summed E-state index contributed by atoms with van der Waals surface area (Å²) in [5.41, 5.74) is 5.93. The first kappa shape index (κ1) is 15.1. The number of aromatic hydroxyl groups is 3. The normalized spacial score (nSPS) is 12.1. The van der Waals surface area contributed by atoms with Crippen molar-refractivity contribution in [2.45, 2.75) is 32.2 Å². The highest BCUT2D eigenvalue weighted by molar-refractivity contribution is 5.76. The lowest BCUT2D eigenvalue weighted by molar-refractivity contribution is -0.145. The standard InChI is InChI=1S/C13H19NO5/c1-2-3-6-19-13(18)9(14)7-8-4-5-10(15)12(17)11(8)16/h4-5,9,15-17H,2-3,6-7,14H2,1H3/t9-/m0/s1. The lowest BCUT2D eigenvalue weighted by Crippen LogP contribution is -2.34. The zero-order valence-corrected chi connectivity index (χ0v) is 10.8. The minimum atomic E-state index is -0.924. The summed E-state index contributed by atoms with van der Waals surface area (Å²) in [5.74, 6) is -2.08. The molecule has 19 heavy (non-hydrogen) atoms. The summed E-state index contributed by atoms with van der Waals surface area (Å²) in [6.07, 6.45) is 1.70. The van der Waals surface area contributed by atoms with E-state index in [0.717, 1.165) is 12.8 Å². The number of nitrogens with two attached hydrogens (primary N) is 1. The Hall–Kier alpha value is -1.95. The Labute approximate surface area is 111 Å². The SMILES string of the molecule is CCCCOC(=O)[C@@H](N)Cc1ccc(O)c(O)c1O. The van der Waals surface area contributed by atoms with E-state index in [0.29, 0.717) is 6.61 Å². The van der Waals surface area contributed by atoms with Gasteiger partial charge in [0.1, 0.15) is 6.04 Å². The fraction of sp³-hybridized carbons (Fsp3) is 0.462. The molecular formula is C13H19NO5. The zero-order chi connectivity index (χ0) is 14.4. The van der Waals surface area contributed by atoms with Gasteiger partial charge >= 0.3 is 5.97 Å². The highest BCUT2D eigenvalue weighted by Crippen LogP contribution is 2.37. The lowest BCUT2D eigenvalue weighted by Gasteiger charge is -2.13. The number of phenols is 3. The first-order chi connectivity index (χ1) is 8.97.